The molecule has 0 aliphatic carbocycles. The number of alkyl halides is 6. The summed E-state index contributed by atoms with van der Waals surface area (Å²) in [4.78, 5) is 14.0. The quantitative estimate of drug-likeness (QED) is 0.494. The first-order valence-electron chi connectivity index (χ1n) is 9.96. The Morgan fingerprint density at radius 2 is 1.52 bits per heavy atom. The topological polar surface area (TPSA) is 38.8 Å². The first kappa shape index (κ1) is 23.9. The van der Waals surface area contributed by atoms with Crippen LogP contribution in [0.5, 0.6) is 0 Å². The summed E-state index contributed by atoms with van der Waals surface area (Å²) in [6.45, 7) is 6.62. The van der Waals surface area contributed by atoms with Crippen molar-refractivity contribution >= 4 is 18.5 Å². The van der Waals surface area contributed by atoms with E-state index in [0.29, 0.717) is 0 Å². The summed E-state index contributed by atoms with van der Waals surface area (Å²) in [6, 6.07) is 3.05. The van der Waals surface area contributed by atoms with Crippen LogP contribution in [-0.2, 0) is 15.5 Å². The molecule has 2 fully saturated rings. The largest absolute Gasteiger partial charge is 0.494 e. The van der Waals surface area contributed by atoms with E-state index in [-0.39, 0.29) is 31.4 Å². The molecule has 0 aromatic heterocycles. The monoisotopic (exact) mass is 451 g/mol. The first-order valence-corrected chi connectivity index (χ1v) is 9.96. The Morgan fingerprint density at radius 3 is 1.97 bits per heavy atom. The number of hydrogen-bond acceptors (Lipinski definition) is 3. The Hall–Kier alpha value is -1.75. The summed E-state index contributed by atoms with van der Waals surface area (Å²) >= 11 is 0. The van der Waals surface area contributed by atoms with Gasteiger partial charge in [0.25, 0.3) is 5.91 Å². The Labute approximate surface area is 177 Å². The molecule has 1 amide bonds. The van der Waals surface area contributed by atoms with Crippen molar-refractivity contribution in [1.82, 2.24) is 4.90 Å². The molecule has 1 aromatic carbocycles. The van der Waals surface area contributed by atoms with Gasteiger partial charge in [0.1, 0.15) is 0 Å². The maximum absolute atomic E-state index is 13.6. The number of carbonyl (C=O) groups is 1. The van der Waals surface area contributed by atoms with E-state index < -0.39 is 53.6 Å². The zero-order chi connectivity index (χ0) is 23.4. The van der Waals surface area contributed by atoms with Gasteiger partial charge in [-0.15, -0.1) is 0 Å². The summed E-state index contributed by atoms with van der Waals surface area (Å²) < 4.78 is 91.1. The minimum Gasteiger partial charge on any atom is -0.399 e. The molecule has 2 saturated heterocycles. The van der Waals surface area contributed by atoms with Gasteiger partial charge in [0, 0.05) is 13.1 Å². The van der Waals surface area contributed by atoms with Crippen LogP contribution < -0.4 is 5.46 Å². The van der Waals surface area contributed by atoms with Crippen LogP contribution in [0.15, 0.2) is 18.2 Å². The molecule has 0 unspecified atom stereocenters. The van der Waals surface area contributed by atoms with Crippen molar-refractivity contribution in [2.75, 3.05) is 13.1 Å². The van der Waals surface area contributed by atoms with Gasteiger partial charge >= 0.3 is 19.5 Å². The van der Waals surface area contributed by atoms with Crippen LogP contribution in [0, 0.1) is 5.92 Å². The Morgan fingerprint density at radius 1 is 1.00 bits per heavy atom. The molecular weight excluding hydrogens is 427 g/mol. The maximum atomic E-state index is 13.6. The van der Waals surface area contributed by atoms with Crippen LogP contribution in [-0.4, -0.2) is 48.4 Å². The average Bonchev–Trinajstić information content (AvgIpc) is 2.86. The van der Waals surface area contributed by atoms with Gasteiger partial charge in [-0.2, -0.15) is 26.3 Å². The van der Waals surface area contributed by atoms with Crippen molar-refractivity contribution in [2.24, 2.45) is 5.92 Å². The molecule has 2 aliphatic rings. The smallest absolute Gasteiger partial charge is 0.399 e. The fourth-order valence-electron chi connectivity index (χ4n) is 3.69. The van der Waals surface area contributed by atoms with Gasteiger partial charge in [0.05, 0.1) is 28.2 Å². The van der Waals surface area contributed by atoms with Gasteiger partial charge in [0.15, 0.2) is 0 Å². The molecule has 0 saturated carbocycles. The molecule has 1 aromatic rings. The summed E-state index contributed by atoms with van der Waals surface area (Å²) in [6.07, 6.45) is -9.87. The standard InChI is InChI=1S/C20H24BF6NO3/c1-17(2)18(3,4)31-21(30-17)13-5-6-15(20(25,26)27)14(11-13)16(29)28-9-7-12(8-10-28)19(22,23)24/h5-6,11-12H,7-10H2,1-4H3. The Balaban J connectivity index is 1.90. The molecular formula is C20H24BF6NO3. The van der Waals surface area contributed by atoms with E-state index in [1.807, 2.05) is 0 Å². The number of halogens is 6. The van der Waals surface area contributed by atoms with Crippen LogP contribution in [0.25, 0.3) is 0 Å². The van der Waals surface area contributed by atoms with Crippen LogP contribution in [0.2, 0.25) is 0 Å². The number of benzene rings is 1. The lowest BCUT2D eigenvalue weighted by Gasteiger charge is -2.33. The van der Waals surface area contributed by atoms with Crippen LogP contribution in [0.1, 0.15) is 56.5 Å². The number of likely N-dealkylation sites (tertiary alicyclic amines) is 1. The molecule has 0 bridgehead atoms. The lowest BCUT2D eigenvalue weighted by Crippen LogP contribution is -2.43. The van der Waals surface area contributed by atoms with E-state index >= 15 is 0 Å². The van der Waals surface area contributed by atoms with Crippen molar-refractivity contribution in [1.29, 1.82) is 0 Å². The predicted octanol–water partition coefficient (Wildman–Crippen LogP) is 4.42. The molecule has 2 aliphatic heterocycles. The third-order valence-corrected chi connectivity index (χ3v) is 6.35. The molecule has 0 atom stereocenters. The zero-order valence-corrected chi connectivity index (χ0v) is 17.7. The third kappa shape index (κ3) is 4.72. The Kier molecular flexibility index (Phi) is 5.93. The van der Waals surface area contributed by atoms with Gasteiger partial charge in [0.2, 0.25) is 0 Å². The lowest BCUT2D eigenvalue weighted by atomic mass is 9.77. The molecule has 2 heterocycles. The van der Waals surface area contributed by atoms with Crippen LogP contribution >= 0.6 is 0 Å². The van der Waals surface area contributed by atoms with Gasteiger partial charge in [-0.3, -0.25) is 4.79 Å². The normalized spacial score (nSPS) is 22.1. The third-order valence-electron chi connectivity index (χ3n) is 6.35. The van der Waals surface area contributed by atoms with E-state index in [1.165, 1.54) is 6.07 Å². The minimum atomic E-state index is -4.80. The van der Waals surface area contributed by atoms with Crippen LogP contribution in [0.3, 0.4) is 0 Å². The Bertz CT molecular complexity index is 828. The van der Waals surface area contributed by atoms with Crippen molar-refractivity contribution in [3.05, 3.63) is 29.3 Å². The maximum Gasteiger partial charge on any atom is 0.494 e. The number of nitrogens with zero attached hydrogens (tertiary/aromatic N) is 1. The fraction of sp³-hybridized carbons (Fsp3) is 0.650. The highest BCUT2D eigenvalue weighted by Crippen LogP contribution is 2.38. The second-order valence-corrected chi connectivity index (χ2v) is 9.00. The van der Waals surface area contributed by atoms with E-state index in [4.69, 9.17) is 9.31 Å². The summed E-state index contributed by atoms with van der Waals surface area (Å²) in [7, 11) is -0.977. The van der Waals surface area contributed by atoms with Gasteiger partial charge < -0.3 is 14.2 Å². The van der Waals surface area contributed by atoms with Crippen molar-refractivity contribution in [2.45, 2.75) is 64.1 Å². The number of piperidine rings is 1. The molecule has 0 radical (unpaired) electrons. The van der Waals surface area contributed by atoms with E-state index in [2.05, 4.69) is 0 Å². The summed E-state index contributed by atoms with van der Waals surface area (Å²) in [5.74, 6) is -2.51. The van der Waals surface area contributed by atoms with Gasteiger partial charge in [-0.05, 0) is 58.1 Å². The summed E-state index contributed by atoms with van der Waals surface area (Å²) in [5.41, 5.74) is -2.99. The highest BCUT2D eigenvalue weighted by atomic mass is 19.4. The van der Waals surface area contributed by atoms with Gasteiger partial charge in [-0.25, -0.2) is 0 Å². The zero-order valence-electron chi connectivity index (χ0n) is 17.7. The highest BCUT2D eigenvalue weighted by Gasteiger charge is 2.52. The molecule has 31 heavy (non-hydrogen) atoms. The number of hydrogen-bond donors (Lipinski definition) is 0. The minimum absolute atomic E-state index is 0.236. The predicted molar refractivity (Wildman–Crippen MR) is 102 cm³/mol. The van der Waals surface area contributed by atoms with Gasteiger partial charge in [-0.1, -0.05) is 6.07 Å². The lowest BCUT2D eigenvalue weighted by molar-refractivity contribution is -0.183. The fourth-order valence-corrected chi connectivity index (χ4v) is 3.69. The molecule has 0 N–H and O–H groups in total. The first-order chi connectivity index (χ1) is 14.0. The van der Waals surface area contributed by atoms with E-state index in [9.17, 15) is 31.1 Å². The molecule has 172 valence electrons. The SMILES string of the molecule is CC1(C)OB(c2ccc(C(F)(F)F)c(C(=O)N3CCC(C(F)(F)F)CC3)c2)OC1(C)C. The highest BCUT2D eigenvalue weighted by molar-refractivity contribution is 6.62. The van der Waals surface area contributed by atoms with Crippen molar-refractivity contribution in [3.63, 3.8) is 0 Å². The second kappa shape index (κ2) is 7.69. The molecule has 0 spiro atoms. The second-order valence-electron chi connectivity index (χ2n) is 9.00. The number of amides is 1. The number of carbonyl (C=O) groups excluding carboxylic acids is 1. The van der Waals surface area contributed by atoms with E-state index in [0.717, 1.165) is 17.0 Å². The van der Waals surface area contributed by atoms with E-state index in [1.54, 1.807) is 27.7 Å². The number of rotatable bonds is 2. The molecule has 3 rings (SSSR count). The van der Waals surface area contributed by atoms with Crippen molar-refractivity contribution < 1.29 is 40.4 Å². The molecule has 11 heteroatoms. The summed E-state index contributed by atoms with van der Waals surface area (Å²) in [5, 5.41) is 0. The van der Waals surface area contributed by atoms with Crippen LogP contribution in [0.4, 0.5) is 26.3 Å². The average molecular weight is 451 g/mol. The van der Waals surface area contributed by atoms with Crippen molar-refractivity contribution in [3.8, 4) is 0 Å². The molecule has 4 nitrogen and oxygen atoms in total.